The van der Waals surface area contributed by atoms with E-state index in [9.17, 15) is 26.0 Å². The fraction of sp³-hybridized carbons (Fsp3) is 0.500. The number of benzene rings is 1. The van der Waals surface area contributed by atoms with Crippen molar-refractivity contribution in [3.05, 3.63) is 29.6 Å². The highest BCUT2D eigenvalue weighted by Gasteiger charge is 2.42. The first kappa shape index (κ1) is 16.2. The molecular formula is C12H13F4NO3S. The van der Waals surface area contributed by atoms with Gasteiger partial charge in [-0.15, -0.1) is 0 Å². The highest BCUT2D eigenvalue weighted by Crippen LogP contribution is 2.37. The van der Waals surface area contributed by atoms with Crippen molar-refractivity contribution in [2.24, 2.45) is 0 Å². The van der Waals surface area contributed by atoms with Crippen LogP contribution in [-0.4, -0.2) is 37.0 Å². The van der Waals surface area contributed by atoms with Gasteiger partial charge in [-0.25, -0.2) is 12.8 Å². The zero-order valence-corrected chi connectivity index (χ0v) is 11.6. The van der Waals surface area contributed by atoms with Gasteiger partial charge in [0.15, 0.2) is 0 Å². The Kier molecular flexibility index (Phi) is 4.27. The molecule has 1 aromatic carbocycles. The van der Waals surface area contributed by atoms with Crippen LogP contribution >= 0.6 is 0 Å². The van der Waals surface area contributed by atoms with E-state index in [1.807, 2.05) is 0 Å². The number of hydrogen-bond donors (Lipinski definition) is 1. The predicted octanol–water partition coefficient (Wildman–Crippen LogP) is 1.99. The molecule has 0 bridgehead atoms. The molecule has 1 N–H and O–H groups in total. The van der Waals surface area contributed by atoms with Crippen LogP contribution in [0.2, 0.25) is 0 Å². The lowest BCUT2D eigenvalue weighted by Gasteiger charge is -2.24. The second kappa shape index (κ2) is 5.54. The SMILES string of the molecule is O=S(=O)(c1ccc(F)cc1C(F)(F)F)N1CCC[C@H]1CO. The Morgan fingerprint density at radius 1 is 1.33 bits per heavy atom. The number of halogens is 4. The lowest BCUT2D eigenvalue weighted by molar-refractivity contribution is -0.140. The van der Waals surface area contributed by atoms with Gasteiger partial charge in [0, 0.05) is 12.6 Å². The van der Waals surface area contributed by atoms with E-state index >= 15 is 0 Å². The molecule has 2 rings (SSSR count). The first-order valence-electron chi connectivity index (χ1n) is 6.17. The van der Waals surface area contributed by atoms with Crippen molar-refractivity contribution >= 4 is 10.0 Å². The third-order valence-electron chi connectivity index (χ3n) is 3.37. The molecule has 1 saturated heterocycles. The van der Waals surface area contributed by atoms with Gasteiger partial charge in [-0.2, -0.15) is 17.5 Å². The van der Waals surface area contributed by atoms with Crippen LogP contribution in [0, 0.1) is 5.82 Å². The van der Waals surface area contributed by atoms with Gasteiger partial charge < -0.3 is 5.11 Å². The standard InChI is InChI=1S/C12H13F4NO3S/c13-8-3-4-11(10(6-8)12(14,15)16)21(19,20)17-5-1-2-9(17)7-18/h3-4,6,9,18H,1-2,5,7H2/t9-/m0/s1. The van der Waals surface area contributed by atoms with Gasteiger partial charge in [0.25, 0.3) is 0 Å². The molecule has 118 valence electrons. The number of aliphatic hydroxyl groups is 1. The Labute approximate surface area is 119 Å². The minimum absolute atomic E-state index is 0.0300. The number of sulfonamides is 1. The molecule has 4 nitrogen and oxygen atoms in total. The van der Waals surface area contributed by atoms with Gasteiger partial charge in [0.2, 0.25) is 10.0 Å². The molecule has 0 amide bonds. The van der Waals surface area contributed by atoms with Crippen LogP contribution < -0.4 is 0 Å². The average molecular weight is 327 g/mol. The van der Waals surface area contributed by atoms with Crippen molar-refractivity contribution in [3.8, 4) is 0 Å². The van der Waals surface area contributed by atoms with Gasteiger partial charge in [-0.05, 0) is 31.0 Å². The monoisotopic (exact) mass is 327 g/mol. The Balaban J connectivity index is 2.55. The summed E-state index contributed by atoms with van der Waals surface area (Å²) >= 11 is 0. The first-order chi connectivity index (χ1) is 9.67. The first-order valence-corrected chi connectivity index (χ1v) is 7.61. The zero-order chi connectivity index (χ0) is 15.8. The molecule has 9 heteroatoms. The number of alkyl halides is 3. The second-order valence-electron chi connectivity index (χ2n) is 4.73. The van der Waals surface area contributed by atoms with Crippen molar-refractivity contribution in [1.29, 1.82) is 0 Å². The van der Waals surface area contributed by atoms with Gasteiger partial charge in [-0.1, -0.05) is 0 Å². The molecule has 1 aliphatic rings. The van der Waals surface area contributed by atoms with Crippen molar-refractivity contribution in [3.63, 3.8) is 0 Å². The van der Waals surface area contributed by atoms with Gasteiger partial charge in [0.05, 0.1) is 17.1 Å². The average Bonchev–Trinajstić information content (AvgIpc) is 2.86. The van der Waals surface area contributed by atoms with E-state index < -0.39 is 45.1 Å². The molecule has 1 aliphatic heterocycles. The summed E-state index contributed by atoms with van der Waals surface area (Å²) in [5, 5.41) is 9.13. The molecule has 1 atom stereocenters. The fourth-order valence-corrected chi connectivity index (χ4v) is 4.26. The van der Waals surface area contributed by atoms with E-state index in [1.165, 1.54) is 0 Å². The van der Waals surface area contributed by atoms with E-state index in [0.717, 1.165) is 4.31 Å². The third kappa shape index (κ3) is 3.04. The largest absolute Gasteiger partial charge is 0.417 e. The smallest absolute Gasteiger partial charge is 0.395 e. The topological polar surface area (TPSA) is 57.6 Å². The van der Waals surface area contributed by atoms with Crippen LogP contribution in [0.1, 0.15) is 18.4 Å². The Morgan fingerprint density at radius 2 is 2.00 bits per heavy atom. The van der Waals surface area contributed by atoms with Crippen molar-refractivity contribution in [1.82, 2.24) is 4.31 Å². The Morgan fingerprint density at radius 3 is 2.57 bits per heavy atom. The molecular weight excluding hydrogens is 314 g/mol. The zero-order valence-electron chi connectivity index (χ0n) is 10.8. The Hall–Kier alpha value is -1.19. The van der Waals surface area contributed by atoms with E-state index in [0.29, 0.717) is 25.0 Å². The minimum atomic E-state index is -4.99. The van der Waals surface area contributed by atoms with E-state index in [2.05, 4.69) is 0 Å². The van der Waals surface area contributed by atoms with Gasteiger partial charge in [0.1, 0.15) is 5.82 Å². The molecule has 0 saturated carbocycles. The van der Waals surface area contributed by atoms with Gasteiger partial charge >= 0.3 is 6.18 Å². The Bertz CT molecular complexity index is 630. The highest BCUT2D eigenvalue weighted by atomic mass is 32.2. The summed E-state index contributed by atoms with van der Waals surface area (Å²) in [7, 11) is -4.44. The highest BCUT2D eigenvalue weighted by molar-refractivity contribution is 7.89. The van der Waals surface area contributed by atoms with Crippen LogP contribution in [0.4, 0.5) is 17.6 Å². The molecule has 1 aromatic rings. The van der Waals surface area contributed by atoms with E-state index in [1.54, 1.807) is 0 Å². The summed E-state index contributed by atoms with van der Waals surface area (Å²) in [4.78, 5) is -0.989. The summed E-state index contributed by atoms with van der Waals surface area (Å²) in [6, 6.07) is 0.699. The van der Waals surface area contributed by atoms with Crippen molar-refractivity contribution in [2.45, 2.75) is 30.0 Å². The number of rotatable bonds is 3. The quantitative estimate of drug-likeness (QED) is 0.864. The molecule has 21 heavy (non-hydrogen) atoms. The van der Waals surface area contributed by atoms with Crippen LogP contribution in [0.15, 0.2) is 23.1 Å². The van der Waals surface area contributed by atoms with Crippen LogP contribution in [0.25, 0.3) is 0 Å². The maximum atomic E-state index is 13.0. The van der Waals surface area contributed by atoms with Crippen molar-refractivity contribution < 1.29 is 31.1 Å². The summed E-state index contributed by atoms with van der Waals surface area (Å²) in [5.74, 6) is -1.17. The number of nitrogens with zero attached hydrogens (tertiary/aromatic N) is 1. The molecule has 0 spiro atoms. The van der Waals surface area contributed by atoms with Crippen molar-refractivity contribution in [2.75, 3.05) is 13.2 Å². The summed E-state index contributed by atoms with van der Waals surface area (Å²) < 4.78 is 77.4. The molecule has 1 heterocycles. The molecule has 1 fully saturated rings. The lowest BCUT2D eigenvalue weighted by Crippen LogP contribution is -2.38. The molecule has 0 unspecified atom stereocenters. The van der Waals surface area contributed by atoms with Gasteiger partial charge in [-0.3, -0.25) is 0 Å². The number of aliphatic hydroxyl groups excluding tert-OH is 1. The maximum Gasteiger partial charge on any atom is 0.417 e. The summed E-state index contributed by atoms with van der Waals surface area (Å²) in [6.07, 6.45) is -4.16. The number of hydrogen-bond acceptors (Lipinski definition) is 3. The van der Waals surface area contributed by atoms with Crippen LogP contribution in [0.3, 0.4) is 0 Å². The third-order valence-corrected chi connectivity index (χ3v) is 5.38. The van der Waals surface area contributed by atoms with E-state index in [-0.39, 0.29) is 12.6 Å². The second-order valence-corrected chi connectivity index (χ2v) is 6.59. The van der Waals surface area contributed by atoms with Crippen LogP contribution in [0.5, 0.6) is 0 Å². The predicted molar refractivity (Wildman–Crippen MR) is 65.4 cm³/mol. The normalized spacial score (nSPS) is 20.9. The van der Waals surface area contributed by atoms with E-state index in [4.69, 9.17) is 5.11 Å². The minimum Gasteiger partial charge on any atom is -0.395 e. The molecule has 0 aromatic heterocycles. The fourth-order valence-electron chi connectivity index (χ4n) is 2.38. The lowest BCUT2D eigenvalue weighted by atomic mass is 10.2. The summed E-state index contributed by atoms with van der Waals surface area (Å²) in [5.41, 5.74) is -1.54. The maximum absolute atomic E-state index is 13.0. The molecule has 0 aliphatic carbocycles. The van der Waals surface area contributed by atoms with Crippen LogP contribution in [-0.2, 0) is 16.2 Å². The summed E-state index contributed by atoms with van der Waals surface area (Å²) in [6.45, 7) is -0.440. The molecule has 0 radical (unpaired) electrons.